The average molecular weight is 669 g/mol. The van der Waals surface area contributed by atoms with E-state index in [1.54, 1.807) is 12.4 Å². The highest BCUT2D eigenvalue weighted by Gasteiger charge is 2.38. The first-order valence-electron chi connectivity index (χ1n) is 16.3. The number of aromatic nitrogens is 1. The summed E-state index contributed by atoms with van der Waals surface area (Å²) in [6.07, 6.45) is 2.35. The van der Waals surface area contributed by atoms with Gasteiger partial charge in [-0.2, -0.15) is 13.2 Å². The number of carboxylic acid groups (broad SMARTS) is 1. The maximum Gasteiger partial charge on any atom is 0.490 e. The molecule has 1 aliphatic heterocycles. The lowest BCUT2D eigenvalue weighted by molar-refractivity contribution is -0.192. The van der Waals surface area contributed by atoms with Crippen LogP contribution < -0.4 is 5.32 Å². The number of benzene rings is 2. The third kappa shape index (κ3) is 11.8. The fraction of sp³-hybridized carbons (Fsp3) is 0.459. The Bertz CT molecular complexity index is 1480. The number of nitrogens with one attached hydrogen (secondary N) is 1. The number of hydrogen-bond donors (Lipinski definition) is 2. The highest BCUT2D eigenvalue weighted by Crippen LogP contribution is 2.24. The van der Waals surface area contributed by atoms with Crippen molar-refractivity contribution in [1.82, 2.24) is 14.8 Å². The first-order valence-corrected chi connectivity index (χ1v) is 16.3. The van der Waals surface area contributed by atoms with Gasteiger partial charge in [0.2, 0.25) is 0 Å². The second-order valence-electron chi connectivity index (χ2n) is 13.3. The van der Waals surface area contributed by atoms with E-state index in [9.17, 15) is 22.8 Å². The van der Waals surface area contributed by atoms with Gasteiger partial charge in [0.05, 0.1) is 5.56 Å². The van der Waals surface area contributed by atoms with Crippen molar-refractivity contribution in [3.05, 3.63) is 95.3 Å². The van der Waals surface area contributed by atoms with E-state index in [0.29, 0.717) is 23.1 Å². The molecule has 1 fully saturated rings. The molecule has 2 aromatic carbocycles. The van der Waals surface area contributed by atoms with Crippen LogP contribution in [0.15, 0.2) is 73.1 Å². The van der Waals surface area contributed by atoms with Crippen LogP contribution in [-0.4, -0.2) is 76.1 Å². The van der Waals surface area contributed by atoms with E-state index >= 15 is 0 Å². The maximum absolute atomic E-state index is 12.9. The lowest BCUT2D eigenvalue weighted by Gasteiger charge is -2.37. The number of carbonyl (C=O) groups is 3. The number of aliphatic carboxylic acids is 1. The van der Waals surface area contributed by atoms with Gasteiger partial charge in [0, 0.05) is 49.3 Å². The number of carbonyl (C=O) groups excluding carboxylic acids is 2. The van der Waals surface area contributed by atoms with Gasteiger partial charge in [-0.1, -0.05) is 52.0 Å². The van der Waals surface area contributed by atoms with E-state index in [-0.39, 0.29) is 17.2 Å². The summed E-state index contributed by atoms with van der Waals surface area (Å²) in [5.41, 5.74) is 4.65. The van der Waals surface area contributed by atoms with E-state index in [4.69, 9.17) is 9.90 Å². The summed E-state index contributed by atoms with van der Waals surface area (Å²) < 4.78 is 31.7. The van der Waals surface area contributed by atoms with E-state index in [1.165, 1.54) is 11.1 Å². The molecule has 0 aliphatic carbocycles. The molecule has 2 heterocycles. The summed E-state index contributed by atoms with van der Waals surface area (Å²) in [7, 11) is 0. The Kier molecular flexibility index (Phi) is 13.7. The Morgan fingerprint density at radius 2 is 1.65 bits per heavy atom. The van der Waals surface area contributed by atoms with E-state index in [0.717, 1.165) is 57.5 Å². The second kappa shape index (κ2) is 17.2. The summed E-state index contributed by atoms with van der Waals surface area (Å²) in [6.45, 7) is 14.8. The molecule has 3 aromatic rings. The smallest absolute Gasteiger partial charge is 0.475 e. The minimum Gasteiger partial charge on any atom is -0.475 e. The van der Waals surface area contributed by atoms with Crippen molar-refractivity contribution in [2.45, 2.75) is 77.9 Å². The van der Waals surface area contributed by atoms with Crippen LogP contribution in [0.3, 0.4) is 0 Å². The monoisotopic (exact) mass is 668 g/mol. The molecule has 0 spiro atoms. The number of piperidine rings is 1. The summed E-state index contributed by atoms with van der Waals surface area (Å²) >= 11 is 0. The Labute approximate surface area is 281 Å². The molecular weight excluding hydrogens is 621 g/mol. The molecule has 1 aromatic heterocycles. The number of pyridine rings is 1. The number of anilines is 1. The van der Waals surface area contributed by atoms with Gasteiger partial charge >= 0.3 is 12.1 Å². The zero-order chi connectivity index (χ0) is 35.5. The molecule has 1 saturated heterocycles. The van der Waals surface area contributed by atoms with Crippen LogP contribution in [0.1, 0.15) is 85.7 Å². The maximum atomic E-state index is 12.9. The van der Waals surface area contributed by atoms with Crippen molar-refractivity contribution in [2.75, 3.05) is 31.5 Å². The van der Waals surface area contributed by atoms with Gasteiger partial charge in [0.1, 0.15) is 0 Å². The van der Waals surface area contributed by atoms with Crippen LogP contribution in [0.4, 0.5) is 18.9 Å². The Morgan fingerprint density at radius 1 is 1.00 bits per heavy atom. The van der Waals surface area contributed by atoms with Crippen molar-refractivity contribution in [3.8, 4) is 0 Å². The summed E-state index contributed by atoms with van der Waals surface area (Å²) in [5.74, 6) is -2.18. The standard InChI is InChI=1S/C35H46N4O2.C2HF3O2/c1-6-19-39(25-27-16-20-38(21-17-27)34(41)30-10-8-18-36-24-30)26(2)22-28-9-7-11-32(23-28)37-33(40)29-12-14-31(15-13-29)35(3,4)5;3-2(4,5)1(6)7/h7-15,18,23-24,26-27H,6,16-17,19-22,25H2,1-5H3,(H,37,40);(H,6,7). The van der Waals surface area contributed by atoms with Crippen molar-refractivity contribution >= 4 is 23.5 Å². The molecule has 0 saturated carbocycles. The molecule has 1 atom stereocenters. The van der Waals surface area contributed by atoms with Crippen LogP contribution in [0.25, 0.3) is 0 Å². The van der Waals surface area contributed by atoms with E-state index in [1.807, 2.05) is 53.4 Å². The molecule has 1 aliphatic rings. The Hall–Kier alpha value is -4.25. The van der Waals surface area contributed by atoms with Gasteiger partial charge in [-0.3, -0.25) is 14.6 Å². The quantitative estimate of drug-likeness (QED) is 0.233. The summed E-state index contributed by atoms with van der Waals surface area (Å²) in [4.78, 5) is 43.3. The third-order valence-corrected chi connectivity index (χ3v) is 8.41. The molecule has 2 N–H and O–H groups in total. The number of hydrogen-bond acceptors (Lipinski definition) is 5. The van der Waals surface area contributed by atoms with Crippen LogP contribution in [0.5, 0.6) is 0 Å². The minimum atomic E-state index is -5.08. The molecule has 4 rings (SSSR count). The number of carboxylic acids is 1. The van der Waals surface area contributed by atoms with Crippen molar-refractivity contribution < 1.29 is 32.7 Å². The number of amides is 2. The first-order chi connectivity index (χ1) is 22.6. The largest absolute Gasteiger partial charge is 0.490 e. The topological polar surface area (TPSA) is 103 Å². The number of alkyl halides is 3. The summed E-state index contributed by atoms with van der Waals surface area (Å²) in [5, 5.41) is 10.2. The second-order valence-corrected chi connectivity index (χ2v) is 13.3. The van der Waals surface area contributed by atoms with Crippen LogP contribution in [0.2, 0.25) is 0 Å². The van der Waals surface area contributed by atoms with Gasteiger partial charge in [-0.05, 0) is 98.0 Å². The van der Waals surface area contributed by atoms with Gasteiger partial charge < -0.3 is 20.2 Å². The van der Waals surface area contributed by atoms with Crippen molar-refractivity contribution in [3.63, 3.8) is 0 Å². The highest BCUT2D eigenvalue weighted by atomic mass is 19.4. The van der Waals surface area contributed by atoms with Crippen LogP contribution in [0, 0.1) is 5.92 Å². The number of likely N-dealkylation sites (tertiary alicyclic amines) is 1. The van der Waals surface area contributed by atoms with Gasteiger partial charge in [0.25, 0.3) is 11.8 Å². The predicted molar refractivity (Wildman–Crippen MR) is 181 cm³/mol. The van der Waals surface area contributed by atoms with E-state index < -0.39 is 12.1 Å². The third-order valence-electron chi connectivity index (χ3n) is 8.41. The molecule has 0 radical (unpaired) electrons. The van der Waals surface area contributed by atoms with Crippen LogP contribution >= 0.6 is 0 Å². The fourth-order valence-corrected chi connectivity index (χ4v) is 5.67. The van der Waals surface area contributed by atoms with E-state index in [2.05, 4.69) is 62.0 Å². The lowest BCUT2D eigenvalue weighted by Crippen LogP contribution is -2.44. The normalized spacial score (nSPS) is 14.6. The minimum absolute atomic E-state index is 0.0579. The van der Waals surface area contributed by atoms with Crippen molar-refractivity contribution in [2.24, 2.45) is 5.92 Å². The molecule has 8 nitrogen and oxygen atoms in total. The molecule has 2 amide bonds. The zero-order valence-electron chi connectivity index (χ0n) is 28.4. The molecule has 0 bridgehead atoms. The summed E-state index contributed by atoms with van der Waals surface area (Å²) in [6, 6.07) is 20.2. The Balaban J connectivity index is 0.000000804. The first kappa shape index (κ1) is 38.2. The average Bonchev–Trinajstić information content (AvgIpc) is 3.04. The predicted octanol–water partition coefficient (Wildman–Crippen LogP) is 7.46. The number of nitrogens with zero attached hydrogens (tertiary/aromatic N) is 3. The van der Waals surface area contributed by atoms with Gasteiger partial charge in [-0.25, -0.2) is 4.79 Å². The number of halogens is 3. The van der Waals surface area contributed by atoms with Gasteiger partial charge in [-0.15, -0.1) is 0 Å². The molecule has 260 valence electrons. The zero-order valence-corrected chi connectivity index (χ0v) is 28.4. The van der Waals surface area contributed by atoms with Gasteiger partial charge in [0.15, 0.2) is 0 Å². The Morgan fingerprint density at radius 3 is 2.19 bits per heavy atom. The van der Waals surface area contributed by atoms with Crippen molar-refractivity contribution in [1.29, 1.82) is 0 Å². The highest BCUT2D eigenvalue weighted by molar-refractivity contribution is 6.04. The lowest BCUT2D eigenvalue weighted by atomic mass is 9.87. The molecule has 48 heavy (non-hydrogen) atoms. The molecular formula is C37H47F3N4O4. The molecule has 1 unspecified atom stereocenters. The number of rotatable bonds is 10. The SMILES string of the molecule is CCCN(CC1CCN(C(=O)c2cccnc2)CC1)C(C)Cc1cccc(NC(=O)c2ccc(C(C)(C)C)cc2)c1.O=C(O)C(F)(F)F. The van der Waals surface area contributed by atoms with Crippen LogP contribution in [-0.2, 0) is 16.6 Å². The fourth-order valence-electron chi connectivity index (χ4n) is 5.67. The molecule has 11 heteroatoms.